The molecule has 0 aliphatic rings. The smallest absolute Gasteiger partial charge is 0.343 e. The number of para-hydroxylation sites is 2. The van der Waals surface area contributed by atoms with E-state index >= 15 is 0 Å². The van der Waals surface area contributed by atoms with E-state index in [2.05, 4.69) is 10.5 Å². The van der Waals surface area contributed by atoms with Crippen LogP contribution in [0.3, 0.4) is 0 Å². The molecule has 0 fully saturated rings. The van der Waals surface area contributed by atoms with Gasteiger partial charge in [0.25, 0.3) is 5.91 Å². The van der Waals surface area contributed by atoms with Gasteiger partial charge >= 0.3 is 5.97 Å². The van der Waals surface area contributed by atoms with Crippen LogP contribution in [0.2, 0.25) is 0 Å². The molecule has 1 N–H and O–H groups in total. The van der Waals surface area contributed by atoms with Gasteiger partial charge in [0.05, 0.1) is 33.1 Å². The van der Waals surface area contributed by atoms with Crippen molar-refractivity contribution in [2.24, 2.45) is 5.10 Å². The number of nitrogens with zero attached hydrogens (tertiary/aromatic N) is 1. The molecule has 0 aliphatic heterocycles. The van der Waals surface area contributed by atoms with Crippen molar-refractivity contribution >= 4 is 18.1 Å². The standard InChI is InChI=1S/C27H28N2O7/c1-17-9-8-10-18(2)25(17)35-16-24(30)29-28-15-19-11-6-7-12-21(19)36-27(31)20-13-22(32-3)26(34-5)23(14-20)33-4/h6-15H,16H2,1-5H3,(H,29,30)/b28-15-. The zero-order chi connectivity index (χ0) is 26.1. The Morgan fingerprint density at radius 1 is 0.833 bits per heavy atom. The minimum Gasteiger partial charge on any atom is -0.493 e. The van der Waals surface area contributed by atoms with Crippen molar-refractivity contribution in [2.45, 2.75) is 13.8 Å². The average molecular weight is 493 g/mol. The number of hydrogen-bond acceptors (Lipinski definition) is 8. The molecule has 36 heavy (non-hydrogen) atoms. The first-order valence-corrected chi connectivity index (χ1v) is 11.0. The maximum absolute atomic E-state index is 12.9. The van der Waals surface area contributed by atoms with Gasteiger partial charge in [-0.3, -0.25) is 4.79 Å². The van der Waals surface area contributed by atoms with Gasteiger partial charge in [-0.15, -0.1) is 0 Å². The summed E-state index contributed by atoms with van der Waals surface area (Å²) in [6, 6.07) is 15.5. The minimum atomic E-state index is -0.638. The first-order valence-electron chi connectivity index (χ1n) is 11.0. The fourth-order valence-electron chi connectivity index (χ4n) is 3.41. The lowest BCUT2D eigenvalue weighted by Crippen LogP contribution is -2.25. The fourth-order valence-corrected chi connectivity index (χ4v) is 3.41. The number of carbonyl (C=O) groups excluding carboxylic acids is 2. The van der Waals surface area contributed by atoms with Gasteiger partial charge in [0.15, 0.2) is 18.1 Å². The summed E-state index contributed by atoms with van der Waals surface area (Å²) in [6.45, 7) is 3.63. The Labute approximate surface area is 209 Å². The molecule has 1 amide bonds. The Bertz CT molecular complexity index is 1230. The third-order valence-electron chi connectivity index (χ3n) is 5.17. The van der Waals surface area contributed by atoms with Crippen LogP contribution >= 0.6 is 0 Å². The van der Waals surface area contributed by atoms with Gasteiger partial charge in [-0.2, -0.15) is 5.10 Å². The Balaban J connectivity index is 1.67. The van der Waals surface area contributed by atoms with E-state index in [0.29, 0.717) is 28.6 Å². The summed E-state index contributed by atoms with van der Waals surface area (Å²) in [5.41, 5.74) is 4.97. The molecule has 0 aliphatic carbocycles. The summed E-state index contributed by atoms with van der Waals surface area (Å²) in [6.07, 6.45) is 1.38. The number of hydrazone groups is 1. The highest BCUT2D eigenvalue weighted by atomic mass is 16.5. The fraction of sp³-hybridized carbons (Fsp3) is 0.222. The van der Waals surface area contributed by atoms with Gasteiger partial charge < -0.3 is 23.7 Å². The Morgan fingerprint density at radius 3 is 2.08 bits per heavy atom. The molecule has 9 heteroatoms. The number of methoxy groups -OCH3 is 3. The molecule has 188 valence electrons. The summed E-state index contributed by atoms with van der Waals surface area (Å²) in [5, 5.41) is 3.96. The van der Waals surface area contributed by atoms with Crippen molar-refractivity contribution in [1.82, 2.24) is 5.43 Å². The van der Waals surface area contributed by atoms with Crippen LogP contribution in [0.1, 0.15) is 27.0 Å². The van der Waals surface area contributed by atoms with Crippen molar-refractivity contribution in [3.63, 3.8) is 0 Å². The van der Waals surface area contributed by atoms with Gasteiger partial charge in [-0.1, -0.05) is 30.3 Å². The molecular formula is C27H28N2O7. The van der Waals surface area contributed by atoms with Crippen LogP contribution < -0.4 is 29.1 Å². The Kier molecular flexibility index (Phi) is 8.88. The van der Waals surface area contributed by atoms with E-state index in [1.807, 2.05) is 32.0 Å². The van der Waals surface area contributed by atoms with E-state index in [0.717, 1.165) is 11.1 Å². The van der Waals surface area contributed by atoms with E-state index in [4.69, 9.17) is 23.7 Å². The number of rotatable bonds is 10. The second-order valence-electron chi connectivity index (χ2n) is 7.64. The van der Waals surface area contributed by atoms with E-state index in [-0.39, 0.29) is 17.9 Å². The predicted octanol–water partition coefficient (Wildman–Crippen LogP) is 4.08. The number of hydrogen-bond donors (Lipinski definition) is 1. The summed E-state index contributed by atoms with van der Waals surface area (Å²) >= 11 is 0. The maximum Gasteiger partial charge on any atom is 0.343 e. The van der Waals surface area contributed by atoms with Crippen LogP contribution in [0, 0.1) is 13.8 Å². The summed E-state index contributed by atoms with van der Waals surface area (Å²) in [5.74, 6) is 0.860. The van der Waals surface area contributed by atoms with Crippen LogP contribution in [0.4, 0.5) is 0 Å². The van der Waals surface area contributed by atoms with Crippen molar-refractivity contribution in [3.8, 4) is 28.7 Å². The minimum absolute atomic E-state index is 0.194. The largest absolute Gasteiger partial charge is 0.493 e. The first-order chi connectivity index (χ1) is 17.4. The molecule has 0 heterocycles. The number of ether oxygens (including phenoxy) is 5. The zero-order valence-corrected chi connectivity index (χ0v) is 20.8. The van der Waals surface area contributed by atoms with Crippen molar-refractivity contribution < 1.29 is 33.3 Å². The second-order valence-corrected chi connectivity index (χ2v) is 7.64. The SMILES string of the molecule is COc1cc(C(=O)Oc2ccccc2/C=N\NC(=O)COc2c(C)cccc2C)cc(OC)c1OC. The lowest BCUT2D eigenvalue weighted by molar-refractivity contribution is -0.123. The van der Waals surface area contributed by atoms with E-state index in [1.54, 1.807) is 24.3 Å². The summed E-state index contributed by atoms with van der Waals surface area (Å²) < 4.78 is 27.1. The van der Waals surface area contributed by atoms with Crippen LogP contribution in [0.25, 0.3) is 0 Å². The predicted molar refractivity (Wildman–Crippen MR) is 135 cm³/mol. The maximum atomic E-state index is 12.9. The Morgan fingerprint density at radius 2 is 1.47 bits per heavy atom. The van der Waals surface area contributed by atoms with Gasteiger partial charge in [-0.25, -0.2) is 10.2 Å². The van der Waals surface area contributed by atoms with Crippen molar-refractivity contribution in [3.05, 3.63) is 76.9 Å². The summed E-state index contributed by atoms with van der Waals surface area (Å²) in [7, 11) is 4.39. The molecule has 0 atom stereocenters. The molecule has 0 spiro atoms. The van der Waals surface area contributed by atoms with E-state index in [9.17, 15) is 9.59 Å². The average Bonchev–Trinajstić information content (AvgIpc) is 2.88. The number of nitrogens with one attached hydrogen (secondary N) is 1. The molecule has 0 radical (unpaired) electrons. The number of esters is 1. The number of amides is 1. The third-order valence-corrected chi connectivity index (χ3v) is 5.17. The monoisotopic (exact) mass is 492 g/mol. The van der Waals surface area contributed by atoms with Crippen molar-refractivity contribution in [2.75, 3.05) is 27.9 Å². The van der Waals surface area contributed by atoms with Gasteiger partial charge in [0.2, 0.25) is 5.75 Å². The first kappa shape index (κ1) is 26.1. The topological polar surface area (TPSA) is 105 Å². The van der Waals surface area contributed by atoms with Crippen LogP contribution in [-0.4, -0.2) is 46.0 Å². The molecular weight excluding hydrogens is 464 g/mol. The molecule has 3 aromatic rings. The molecule has 0 unspecified atom stereocenters. The lowest BCUT2D eigenvalue weighted by atomic mass is 10.1. The van der Waals surface area contributed by atoms with Crippen LogP contribution in [-0.2, 0) is 4.79 Å². The second kappa shape index (κ2) is 12.3. The quantitative estimate of drug-likeness (QED) is 0.197. The lowest BCUT2D eigenvalue weighted by Gasteiger charge is -2.14. The third kappa shape index (κ3) is 6.32. The molecule has 9 nitrogen and oxygen atoms in total. The van der Waals surface area contributed by atoms with E-state index < -0.39 is 11.9 Å². The van der Waals surface area contributed by atoms with Crippen molar-refractivity contribution in [1.29, 1.82) is 0 Å². The highest BCUT2D eigenvalue weighted by Crippen LogP contribution is 2.38. The molecule has 3 aromatic carbocycles. The molecule has 0 saturated carbocycles. The Hall–Kier alpha value is -4.53. The summed E-state index contributed by atoms with van der Waals surface area (Å²) in [4.78, 5) is 25.0. The number of carbonyl (C=O) groups is 2. The highest BCUT2D eigenvalue weighted by molar-refractivity contribution is 5.94. The van der Waals surface area contributed by atoms with Crippen LogP contribution in [0.15, 0.2) is 59.7 Å². The molecule has 0 saturated heterocycles. The zero-order valence-electron chi connectivity index (χ0n) is 20.8. The number of aryl methyl sites for hydroxylation is 2. The normalized spacial score (nSPS) is 10.6. The van der Waals surface area contributed by atoms with Gasteiger partial charge in [0.1, 0.15) is 11.5 Å². The van der Waals surface area contributed by atoms with Gasteiger partial charge in [-0.05, 0) is 49.2 Å². The molecule has 3 rings (SSSR count). The highest BCUT2D eigenvalue weighted by Gasteiger charge is 2.19. The number of benzene rings is 3. The molecule has 0 bridgehead atoms. The molecule has 0 aromatic heterocycles. The van der Waals surface area contributed by atoms with Crippen LogP contribution in [0.5, 0.6) is 28.7 Å². The van der Waals surface area contributed by atoms with E-state index in [1.165, 1.54) is 39.7 Å². The van der Waals surface area contributed by atoms with Gasteiger partial charge in [0, 0.05) is 5.56 Å².